The van der Waals surface area contributed by atoms with Crippen molar-refractivity contribution in [1.29, 1.82) is 0 Å². The SMILES string of the molecule is O=[N+]([O-])c1ccc(NC(=S)NC[C@@H](c2ccco2)[NH+]2CCCC2)cc1. The van der Waals surface area contributed by atoms with E-state index in [2.05, 4.69) is 10.6 Å². The van der Waals surface area contributed by atoms with Gasteiger partial charge >= 0.3 is 0 Å². The first-order valence-electron chi connectivity index (χ1n) is 8.31. The van der Waals surface area contributed by atoms with Crippen LogP contribution in [0.2, 0.25) is 0 Å². The quantitative estimate of drug-likeness (QED) is 0.414. The number of anilines is 1. The fraction of sp³-hybridized carbons (Fsp3) is 0.353. The van der Waals surface area contributed by atoms with Gasteiger partial charge < -0.3 is 20.0 Å². The molecule has 3 N–H and O–H groups in total. The second-order valence-corrected chi connectivity index (χ2v) is 6.48. The van der Waals surface area contributed by atoms with Gasteiger partial charge in [-0.25, -0.2) is 0 Å². The van der Waals surface area contributed by atoms with Crippen LogP contribution in [0.3, 0.4) is 0 Å². The molecule has 1 saturated heterocycles. The molecule has 0 bridgehead atoms. The van der Waals surface area contributed by atoms with E-state index in [-0.39, 0.29) is 11.7 Å². The molecule has 8 heteroatoms. The number of quaternary nitrogens is 1. The number of non-ortho nitro benzene ring substituents is 1. The molecule has 25 heavy (non-hydrogen) atoms. The van der Waals surface area contributed by atoms with Crippen LogP contribution in [0.5, 0.6) is 0 Å². The molecular weight excluding hydrogens is 340 g/mol. The Morgan fingerprint density at radius 3 is 2.60 bits per heavy atom. The lowest BCUT2D eigenvalue weighted by Crippen LogP contribution is -3.11. The number of likely N-dealkylation sites (tertiary alicyclic amines) is 1. The molecule has 1 aliphatic rings. The fourth-order valence-corrected chi connectivity index (χ4v) is 3.35. The van der Waals surface area contributed by atoms with Crippen molar-refractivity contribution < 1.29 is 14.2 Å². The second-order valence-electron chi connectivity index (χ2n) is 6.07. The molecule has 1 aromatic heterocycles. The molecule has 0 amide bonds. The largest absolute Gasteiger partial charge is 0.463 e. The summed E-state index contributed by atoms with van der Waals surface area (Å²) >= 11 is 5.35. The van der Waals surface area contributed by atoms with Crippen molar-refractivity contribution in [3.63, 3.8) is 0 Å². The topological polar surface area (TPSA) is 84.8 Å². The van der Waals surface area contributed by atoms with E-state index in [4.69, 9.17) is 16.6 Å². The highest BCUT2D eigenvalue weighted by Crippen LogP contribution is 2.15. The van der Waals surface area contributed by atoms with Gasteiger partial charge in [0.25, 0.3) is 5.69 Å². The van der Waals surface area contributed by atoms with Crippen LogP contribution in [-0.4, -0.2) is 29.7 Å². The zero-order valence-electron chi connectivity index (χ0n) is 13.7. The van der Waals surface area contributed by atoms with E-state index in [9.17, 15) is 10.1 Å². The third-order valence-corrected chi connectivity index (χ3v) is 4.67. The Morgan fingerprint density at radius 2 is 2.00 bits per heavy atom. The highest BCUT2D eigenvalue weighted by atomic mass is 32.1. The molecule has 2 heterocycles. The Morgan fingerprint density at radius 1 is 1.28 bits per heavy atom. The fourth-order valence-electron chi connectivity index (χ4n) is 3.15. The average molecular weight is 361 g/mol. The summed E-state index contributed by atoms with van der Waals surface area (Å²) in [7, 11) is 0. The summed E-state index contributed by atoms with van der Waals surface area (Å²) in [6, 6.07) is 10.3. The van der Waals surface area contributed by atoms with E-state index in [0.717, 1.165) is 18.8 Å². The van der Waals surface area contributed by atoms with Crippen molar-refractivity contribution in [2.24, 2.45) is 0 Å². The standard InChI is InChI=1S/C17H20N4O3S/c22-21(23)14-7-5-13(6-8-14)19-17(25)18-12-15(16-4-3-11-24-16)20-9-1-2-10-20/h3-8,11,15H,1-2,9-10,12H2,(H2,18,19,25)/p+1/t15-/m0/s1. The number of furan rings is 1. The van der Waals surface area contributed by atoms with Gasteiger partial charge in [0.1, 0.15) is 0 Å². The molecule has 1 aromatic carbocycles. The van der Waals surface area contributed by atoms with Gasteiger partial charge in [-0.05, 0) is 36.5 Å². The smallest absolute Gasteiger partial charge is 0.269 e. The second kappa shape index (κ2) is 8.09. The summed E-state index contributed by atoms with van der Waals surface area (Å²) in [6.45, 7) is 2.94. The number of hydrogen-bond acceptors (Lipinski definition) is 4. The average Bonchev–Trinajstić information content (AvgIpc) is 3.29. The van der Waals surface area contributed by atoms with Crippen molar-refractivity contribution >= 4 is 28.7 Å². The van der Waals surface area contributed by atoms with Crippen LogP contribution in [0.1, 0.15) is 24.6 Å². The molecule has 132 valence electrons. The molecule has 0 aliphatic carbocycles. The van der Waals surface area contributed by atoms with Crippen LogP contribution in [0.4, 0.5) is 11.4 Å². The van der Waals surface area contributed by atoms with Crippen LogP contribution in [0.15, 0.2) is 47.1 Å². The first-order chi connectivity index (χ1) is 12.1. The monoisotopic (exact) mass is 361 g/mol. The van der Waals surface area contributed by atoms with Gasteiger partial charge in [0, 0.05) is 30.7 Å². The first kappa shape index (κ1) is 17.4. The van der Waals surface area contributed by atoms with Gasteiger partial charge in [0.15, 0.2) is 16.9 Å². The van der Waals surface area contributed by atoms with Crippen LogP contribution in [-0.2, 0) is 0 Å². The van der Waals surface area contributed by atoms with Gasteiger partial charge in [-0.3, -0.25) is 10.1 Å². The summed E-state index contributed by atoms with van der Waals surface area (Å²) in [5.41, 5.74) is 0.770. The van der Waals surface area contributed by atoms with Crippen molar-refractivity contribution in [3.05, 3.63) is 58.5 Å². The zero-order chi connectivity index (χ0) is 17.6. The number of nitrogens with one attached hydrogen (secondary N) is 3. The minimum atomic E-state index is -0.423. The lowest BCUT2D eigenvalue weighted by atomic mass is 10.2. The van der Waals surface area contributed by atoms with Gasteiger partial charge in [-0.1, -0.05) is 0 Å². The number of hydrogen-bond donors (Lipinski definition) is 3. The van der Waals surface area contributed by atoms with Gasteiger partial charge in [-0.15, -0.1) is 0 Å². The number of thiocarbonyl (C=S) groups is 1. The normalized spacial score (nSPS) is 15.7. The maximum atomic E-state index is 10.7. The van der Waals surface area contributed by atoms with Gasteiger partial charge in [0.2, 0.25) is 0 Å². The molecule has 0 unspecified atom stereocenters. The lowest BCUT2D eigenvalue weighted by Gasteiger charge is -2.23. The van der Waals surface area contributed by atoms with E-state index >= 15 is 0 Å². The number of rotatable bonds is 6. The van der Waals surface area contributed by atoms with Gasteiger partial charge in [0.05, 0.1) is 30.8 Å². The van der Waals surface area contributed by atoms with Crippen molar-refractivity contribution in [3.8, 4) is 0 Å². The maximum Gasteiger partial charge on any atom is 0.269 e. The molecular formula is C17H21N4O3S+. The van der Waals surface area contributed by atoms with E-state index in [1.807, 2.05) is 12.1 Å². The summed E-state index contributed by atoms with van der Waals surface area (Å²) in [6.07, 6.45) is 4.17. The summed E-state index contributed by atoms with van der Waals surface area (Å²) in [5.74, 6) is 0.961. The molecule has 7 nitrogen and oxygen atoms in total. The number of benzene rings is 1. The minimum Gasteiger partial charge on any atom is -0.463 e. The highest BCUT2D eigenvalue weighted by molar-refractivity contribution is 7.80. The Hall–Kier alpha value is -2.45. The molecule has 2 aromatic rings. The highest BCUT2D eigenvalue weighted by Gasteiger charge is 2.29. The summed E-state index contributed by atoms with van der Waals surface area (Å²) in [4.78, 5) is 11.8. The third kappa shape index (κ3) is 4.55. The van der Waals surface area contributed by atoms with Gasteiger partial charge in [-0.2, -0.15) is 0 Å². The summed E-state index contributed by atoms with van der Waals surface area (Å²) in [5, 5.41) is 17.5. The van der Waals surface area contributed by atoms with Crippen molar-refractivity contribution in [2.75, 3.05) is 25.0 Å². The summed E-state index contributed by atoms with van der Waals surface area (Å²) < 4.78 is 5.61. The third-order valence-electron chi connectivity index (χ3n) is 4.43. The molecule has 0 saturated carbocycles. The van der Waals surface area contributed by atoms with Crippen molar-refractivity contribution in [2.45, 2.75) is 18.9 Å². The molecule has 0 radical (unpaired) electrons. The number of nitro groups is 1. The van der Waals surface area contributed by atoms with E-state index in [0.29, 0.717) is 17.3 Å². The predicted molar refractivity (Wildman–Crippen MR) is 98.7 cm³/mol. The number of nitrogens with zero attached hydrogens (tertiary/aromatic N) is 1. The molecule has 3 rings (SSSR count). The Labute approximate surface area is 151 Å². The van der Waals surface area contributed by atoms with Crippen molar-refractivity contribution in [1.82, 2.24) is 5.32 Å². The van der Waals surface area contributed by atoms with Crippen LogP contribution < -0.4 is 15.5 Å². The molecule has 0 spiro atoms. The van der Waals surface area contributed by atoms with Crippen LogP contribution in [0, 0.1) is 10.1 Å². The Balaban J connectivity index is 1.57. The van der Waals surface area contributed by atoms with E-state index in [1.54, 1.807) is 18.4 Å². The zero-order valence-corrected chi connectivity index (χ0v) is 14.6. The van der Waals surface area contributed by atoms with Crippen LogP contribution in [0.25, 0.3) is 0 Å². The number of nitro benzene ring substituents is 1. The van der Waals surface area contributed by atoms with Crippen LogP contribution >= 0.6 is 12.2 Å². The van der Waals surface area contributed by atoms with E-state index < -0.39 is 4.92 Å². The molecule has 1 atom stereocenters. The first-order valence-corrected chi connectivity index (χ1v) is 8.71. The van der Waals surface area contributed by atoms with E-state index in [1.165, 1.54) is 29.9 Å². The lowest BCUT2D eigenvalue weighted by molar-refractivity contribution is -0.919. The molecule has 1 fully saturated rings. The maximum absolute atomic E-state index is 10.7. The molecule has 1 aliphatic heterocycles. The Kier molecular flexibility index (Phi) is 5.62. The predicted octanol–water partition coefficient (Wildman–Crippen LogP) is 1.89. The Bertz CT molecular complexity index is 712. The minimum absolute atomic E-state index is 0.0555.